The van der Waals surface area contributed by atoms with Crippen molar-refractivity contribution < 1.29 is 19.5 Å². The van der Waals surface area contributed by atoms with E-state index >= 15 is 0 Å². The molecule has 0 saturated heterocycles. The van der Waals surface area contributed by atoms with Gasteiger partial charge in [-0.2, -0.15) is 0 Å². The van der Waals surface area contributed by atoms with Gasteiger partial charge in [-0.05, 0) is 32.4 Å². The predicted octanol–water partition coefficient (Wildman–Crippen LogP) is 1.13. The molecule has 0 unspecified atom stereocenters. The average Bonchev–Trinajstić information content (AvgIpc) is 2.60. The molecule has 8 nitrogen and oxygen atoms in total. The lowest BCUT2D eigenvalue weighted by molar-refractivity contribution is -0.127. The average molecular weight is 348 g/mol. The first-order valence-electron chi connectivity index (χ1n) is 7.83. The second kappa shape index (κ2) is 8.72. The van der Waals surface area contributed by atoms with Crippen molar-refractivity contribution in [2.24, 2.45) is 0 Å². The number of amides is 1. The van der Waals surface area contributed by atoms with Gasteiger partial charge in [0.05, 0.1) is 11.3 Å². The minimum Gasteiger partial charge on any atom is -0.505 e. The van der Waals surface area contributed by atoms with E-state index in [-0.39, 0.29) is 40.7 Å². The third-order valence-corrected chi connectivity index (χ3v) is 3.66. The number of hydrogen-bond acceptors (Lipinski definition) is 7. The number of aldehydes is 1. The van der Waals surface area contributed by atoms with Gasteiger partial charge in [0.15, 0.2) is 12.0 Å². The molecular formula is C17H24N4O4. The number of Topliss-reactive ketones (excluding diaryl/α,β-unsaturated/α-hetero) is 1. The molecule has 1 atom stereocenters. The van der Waals surface area contributed by atoms with Crippen molar-refractivity contribution in [1.82, 2.24) is 10.6 Å². The Morgan fingerprint density at radius 2 is 2.00 bits per heavy atom. The van der Waals surface area contributed by atoms with E-state index in [1.165, 1.54) is 19.2 Å². The Bertz CT molecular complexity index is 713. The molecule has 0 saturated carbocycles. The number of ketones is 1. The molecule has 1 rings (SSSR count). The highest BCUT2D eigenvalue weighted by atomic mass is 16.3. The Kier molecular flexibility index (Phi) is 6.98. The smallest absolute Gasteiger partial charge is 0.254 e. The van der Waals surface area contributed by atoms with Crippen molar-refractivity contribution in [3.8, 4) is 5.75 Å². The second-order valence-electron chi connectivity index (χ2n) is 5.60. The van der Waals surface area contributed by atoms with Gasteiger partial charge in [0.1, 0.15) is 5.70 Å². The molecule has 0 radical (unpaired) electrons. The molecular weight excluding hydrogens is 324 g/mol. The summed E-state index contributed by atoms with van der Waals surface area (Å²) in [5.41, 5.74) is 6.59. The zero-order valence-electron chi connectivity index (χ0n) is 14.8. The van der Waals surface area contributed by atoms with Crippen molar-refractivity contribution in [2.75, 3.05) is 18.1 Å². The molecule has 0 aliphatic carbocycles. The summed E-state index contributed by atoms with van der Waals surface area (Å²) in [6.45, 7) is 5.38. The zero-order chi connectivity index (χ0) is 19.1. The maximum Gasteiger partial charge on any atom is 0.254 e. The van der Waals surface area contributed by atoms with Gasteiger partial charge in [0, 0.05) is 24.5 Å². The van der Waals surface area contributed by atoms with Crippen LogP contribution in [0.15, 0.2) is 23.5 Å². The van der Waals surface area contributed by atoms with Gasteiger partial charge < -0.3 is 26.8 Å². The van der Waals surface area contributed by atoms with Crippen LogP contribution in [0.25, 0.3) is 0 Å². The van der Waals surface area contributed by atoms with E-state index in [2.05, 4.69) is 16.0 Å². The largest absolute Gasteiger partial charge is 0.505 e. The lowest BCUT2D eigenvalue weighted by atomic mass is 10.1. The molecule has 136 valence electrons. The monoisotopic (exact) mass is 348 g/mol. The summed E-state index contributed by atoms with van der Waals surface area (Å²) < 4.78 is 0. The van der Waals surface area contributed by atoms with E-state index in [0.717, 1.165) is 6.42 Å². The number of benzene rings is 1. The minimum absolute atomic E-state index is 0.00375. The van der Waals surface area contributed by atoms with Crippen LogP contribution in [0.3, 0.4) is 0 Å². The number of nitrogens with two attached hydrogens (primary N) is 1. The maximum absolute atomic E-state index is 11.9. The van der Waals surface area contributed by atoms with Crippen LogP contribution in [0.1, 0.15) is 37.6 Å². The Morgan fingerprint density at radius 1 is 1.36 bits per heavy atom. The zero-order valence-corrected chi connectivity index (χ0v) is 14.8. The number of aromatic hydroxyl groups is 1. The van der Waals surface area contributed by atoms with Crippen LogP contribution in [-0.4, -0.2) is 36.2 Å². The molecule has 0 aliphatic rings. The molecule has 0 fully saturated rings. The van der Waals surface area contributed by atoms with E-state index in [1.807, 2.05) is 13.8 Å². The van der Waals surface area contributed by atoms with E-state index in [0.29, 0.717) is 5.70 Å². The van der Waals surface area contributed by atoms with Gasteiger partial charge in [-0.15, -0.1) is 0 Å². The number of rotatable bonds is 8. The maximum atomic E-state index is 11.9. The minimum atomic E-state index is -0.722. The van der Waals surface area contributed by atoms with E-state index in [1.54, 1.807) is 6.92 Å². The molecule has 25 heavy (non-hydrogen) atoms. The summed E-state index contributed by atoms with van der Waals surface area (Å²) in [5.74, 6) is -1.54. The first-order chi connectivity index (χ1) is 11.7. The first-order valence-corrected chi connectivity index (χ1v) is 7.83. The SMILES string of the molecule is CC[C@@H](C)N/C(C(=O)C=O)=C(/C)Nc1cc(N)cc(C(=O)NC)c1O. The fourth-order valence-corrected chi connectivity index (χ4v) is 2.10. The van der Waals surface area contributed by atoms with Crippen molar-refractivity contribution in [3.05, 3.63) is 29.1 Å². The van der Waals surface area contributed by atoms with E-state index in [9.17, 15) is 19.5 Å². The van der Waals surface area contributed by atoms with Crippen LogP contribution in [0, 0.1) is 0 Å². The van der Waals surface area contributed by atoms with Gasteiger partial charge in [-0.25, -0.2) is 0 Å². The Labute approximate surface area is 146 Å². The number of phenols is 1. The molecule has 8 heteroatoms. The molecule has 0 aromatic heterocycles. The predicted molar refractivity (Wildman–Crippen MR) is 96.2 cm³/mol. The number of nitrogens with one attached hydrogen (secondary N) is 3. The highest BCUT2D eigenvalue weighted by Crippen LogP contribution is 2.31. The third-order valence-electron chi connectivity index (χ3n) is 3.66. The molecule has 1 amide bonds. The molecule has 6 N–H and O–H groups in total. The van der Waals surface area contributed by atoms with Crippen LogP contribution in [0.4, 0.5) is 11.4 Å². The molecule has 0 aliphatic heterocycles. The lowest BCUT2D eigenvalue weighted by Gasteiger charge is -2.19. The number of anilines is 2. The molecule has 1 aromatic carbocycles. The number of nitrogen functional groups attached to an aromatic ring is 1. The summed E-state index contributed by atoms with van der Waals surface area (Å²) in [6, 6.07) is 2.73. The van der Waals surface area contributed by atoms with Gasteiger partial charge in [0.25, 0.3) is 5.91 Å². The molecule has 0 spiro atoms. The van der Waals surface area contributed by atoms with Crippen molar-refractivity contribution >= 4 is 29.4 Å². The van der Waals surface area contributed by atoms with Crippen LogP contribution in [0.5, 0.6) is 5.75 Å². The Balaban J connectivity index is 3.33. The fourth-order valence-electron chi connectivity index (χ4n) is 2.10. The lowest BCUT2D eigenvalue weighted by Crippen LogP contribution is -2.31. The standard InChI is InChI=1S/C17H24N4O4/c1-5-9(2)20-15(14(23)8-22)10(3)21-13-7-11(18)6-12(16(13)24)17(25)19-4/h6-9,20-21,24H,5,18H2,1-4H3,(H,19,25)/b15-10-/t9-/m1/s1. The molecule has 1 aromatic rings. The normalized spacial score (nSPS) is 12.6. The highest BCUT2D eigenvalue weighted by molar-refractivity contribution is 6.33. The van der Waals surface area contributed by atoms with Crippen molar-refractivity contribution in [1.29, 1.82) is 0 Å². The van der Waals surface area contributed by atoms with Gasteiger partial charge >= 0.3 is 0 Å². The van der Waals surface area contributed by atoms with Crippen LogP contribution >= 0.6 is 0 Å². The molecule has 0 heterocycles. The first kappa shape index (κ1) is 20.0. The molecule has 0 bridgehead atoms. The summed E-state index contributed by atoms with van der Waals surface area (Å²) in [6.07, 6.45) is 0.957. The number of hydrogen-bond donors (Lipinski definition) is 5. The summed E-state index contributed by atoms with van der Waals surface area (Å²) >= 11 is 0. The van der Waals surface area contributed by atoms with E-state index in [4.69, 9.17) is 5.73 Å². The number of carbonyl (C=O) groups excluding carboxylic acids is 3. The van der Waals surface area contributed by atoms with Gasteiger partial charge in [-0.1, -0.05) is 6.92 Å². The second-order valence-corrected chi connectivity index (χ2v) is 5.60. The quantitative estimate of drug-likeness (QED) is 0.119. The van der Waals surface area contributed by atoms with Crippen LogP contribution in [-0.2, 0) is 9.59 Å². The number of phenolic OH excluding ortho intramolecular Hbond substituents is 1. The van der Waals surface area contributed by atoms with Crippen molar-refractivity contribution in [2.45, 2.75) is 33.2 Å². The Hall–Kier alpha value is -3.03. The van der Waals surface area contributed by atoms with Crippen molar-refractivity contribution in [3.63, 3.8) is 0 Å². The fraction of sp³-hybridized carbons (Fsp3) is 0.353. The van der Waals surface area contributed by atoms with Crippen LogP contribution < -0.4 is 21.7 Å². The topological polar surface area (TPSA) is 134 Å². The van der Waals surface area contributed by atoms with E-state index < -0.39 is 11.7 Å². The number of carbonyl (C=O) groups is 3. The van der Waals surface area contributed by atoms with Gasteiger partial charge in [-0.3, -0.25) is 14.4 Å². The highest BCUT2D eigenvalue weighted by Gasteiger charge is 2.18. The summed E-state index contributed by atoms with van der Waals surface area (Å²) in [4.78, 5) is 34.6. The number of allylic oxidation sites excluding steroid dienone is 2. The third kappa shape index (κ3) is 4.97. The van der Waals surface area contributed by atoms with Gasteiger partial charge in [0.2, 0.25) is 5.78 Å². The summed E-state index contributed by atoms with van der Waals surface area (Å²) in [7, 11) is 1.43. The summed E-state index contributed by atoms with van der Waals surface area (Å²) in [5, 5.41) is 18.5. The Morgan fingerprint density at radius 3 is 2.52 bits per heavy atom. The van der Waals surface area contributed by atoms with Crippen LogP contribution in [0.2, 0.25) is 0 Å².